The number of benzene rings is 1. The third kappa shape index (κ3) is 3.44. The molecular weight excluding hydrogens is 221 g/mol. The zero-order valence-corrected chi connectivity index (χ0v) is 10.2. The standard InChI is InChI=1S/C13H18FNO2/c1-3-9(4-2)8-15-13(17)12-10(14)6-5-7-11(12)16/h5-7,9,16H,3-4,8H2,1-2H3,(H,15,17). The summed E-state index contributed by atoms with van der Waals surface area (Å²) in [4.78, 5) is 11.7. The topological polar surface area (TPSA) is 49.3 Å². The Kier molecular flexibility index (Phi) is 4.94. The highest BCUT2D eigenvalue weighted by atomic mass is 19.1. The summed E-state index contributed by atoms with van der Waals surface area (Å²) >= 11 is 0. The van der Waals surface area contributed by atoms with Gasteiger partial charge >= 0.3 is 0 Å². The number of hydrogen-bond donors (Lipinski definition) is 2. The number of phenolic OH excluding ortho intramolecular Hbond substituents is 1. The summed E-state index contributed by atoms with van der Waals surface area (Å²) in [5.41, 5.74) is -0.279. The quantitative estimate of drug-likeness (QED) is 0.830. The number of nitrogens with one attached hydrogen (secondary N) is 1. The van der Waals surface area contributed by atoms with Crippen molar-refractivity contribution in [3.8, 4) is 5.75 Å². The maximum atomic E-state index is 13.4. The molecule has 1 amide bonds. The van der Waals surface area contributed by atoms with E-state index >= 15 is 0 Å². The molecule has 0 spiro atoms. The van der Waals surface area contributed by atoms with Gasteiger partial charge in [-0.1, -0.05) is 32.8 Å². The highest BCUT2D eigenvalue weighted by molar-refractivity contribution is 5.97. The Bertz CT molecular complexity index is 369. The lowest BCUT2D eigenvalue weighted by Crippen LogP contribution is -2.29. The predicted octanol–water partition coefficient (Wildman–Crippen LogP) is 2.70. The van der Waals surface area contributed by atoms with Crippen molar-refractivity contribution < 1.29 is 14.3 Å². The Morgan fingerprint density at radius 1 is 1.41 bits per heavy atom. The van der Waals surface area contributed by atoms with Gasteiger partial charge in [-0.3, -0.25) is 4.79 Å². The first-order chi connectivity index (χ1) is 8.10. The fraction of sp³-hybridized carbons (Fsp3) is 0.462. The Hall–Kier alpha value is -1.58. The monoisotopic (exact) mass is 239 g/mol. The Labute approximate surface area is 101 Å². The summed E-state index contributed by atoms with van der Waals surface area (Å²) in [6.45, 7) is 4.58. The van der Waals surface area contributed by atoms with Gasteiger partial charge in [0.2, 0.25) is 0 Å². The minimum atomic E-state index is -0.702. The highest BCUT2D eigenvalue weighted by Crippen LogP contribution is 2.19. The van der Waals surface area contributed by atoms with Gasteiger partial charge in [-0.15, -0.1) is 0 Å². The molecule has 0 aliphatic rings. The van der Waals surface area contributed by atoms with Crippen molar-refractivity contribution in [1.82, 2.24) is 5.32 Å². The number of phenols is 1. The van der Waals surface area contributed by atoms with E-state index in [1.165, 1.54) is 12.1 Å². The molecule has 1 aromatic carbocycles. The van der Waals surface area contributed by atoms with Crippen LogP contribution in [-0.2, 0) is 0 Å². The van der Waals surface area contributed by atoms with Crippen LogP contribution in [0.25, 0.3) is 0 Å². The lowest BCUT2D eigenvalue weighted by atomic mass is 10.0. The van der Waals surface area contributed by atoms with Gasteiger partial charge in [0.1, 0.15) is 17.1 Å². The van der Waals surface area contributed by atoms with Gasteiger partial charge in [-0.25, -0.2) is 4.39 Å². The minimum Gasteiger partial charge on any atom is -0.507 e. The molecule has 0 bridgehead atoms. The van der Waals surface area contributed by atoms with Gasteiger partial charge in [0.15, 0.2) is 0 Å². The summed E-state index contributed by atoms with van der Waals surface area (Å²) in [6.07, 6.45) is 1.92. The van der Waals surface area contributed by atoms with Crippen LogP contribution in [0.1, 0.15) is 37.0 Å². The molecule has 4 heteroatoms. The van der Waals surface area contributed by atoms with E-state index in [0.717, 1.165) is 18.9 Å². The average molecular weight is 239 g/mol. The zero-order valence-electron chi connectivity index (χ0n) is 10.2. The molecule has 0 fully saturated rings. The second-order valence-corrected chi connectivity index (χ2v) is 4.03. The molecule has 3 nitrogen and oxygen atoms in total. The minimum absolute atomic E-state index is 0.279. The van der Waals surface area contributed by atoms with Crippen LogP contribution in [-0.4, -0.2) is 17.6 Å². The van der Waals surface area contributed by atoms with Crippen LogP contribution in [0, 0.1) is 11.7 Å². The maximum Gasteiger partial charge on any atom is 0.258 e. The van der Waals surface area contributed by atoms with E-state index in [4.69, 9.17) is 0 Å². The second-order valence-electron chi connectivity index (χ2n) is 4.03. The number of hydrogen-bond acceptors (Lipinski definition) is 2. The van der Waals surface area contributed by atoms with Crippen molar-refractivity contribution in [2.24, 2.45) is 5.92 Å². The number of carbonyl (C=O) groups is 1. The molecule has 1 rings (SSSR count). The van der Waals surface area contributed by atoms with Crippen molar-refractivity contribution in [1.29, 1.82) is 0 Å². The van der Waals surface area contributed by atoms with E-state index in [-0.39, 0.29) is 11.3 Å². The molecule has 0 radical (unpaired) electrons. The Morgan fingerprint density at radius 3 is 2.59 bits per heavy atom. The van der Waals surface area contributed by atoms with Crippen molar-refractivity contribution >= 4 is 5.91 Å². The molecular formula is C13H18FNO2. The summed E-state index contributed by atoms with van der Waals surface area (Å²) in [6, 6.07) is 3.82. The van der Waals surface area contributed by atoms with E-state index in [1.807, 2.05) is 13.8 Å². The lowest BCUT2D eigenvalue weighted by Gasteiger charge is -2.13. The second kappa shape index (κ2) is 6.23. The highest BCUT2D eigenvalue weighted by Gasteiger charge is 2.16. The summed E-state index contributed by atoms with van der Waals surface area (Å²) < 4.78 is 13.4. The number of aromatic hydroxyl groups is 1. The molecule has 17 heavy (non-hydrogen) atoms. The molecule has 0 aliphatic heterocycles. The SMILES string of the molecule is CCC(CC)CNC(=O)c1c(O)cccc1F. The normalized spacial score (nSPS) is 10.6. The summed E-state index contributed by atoms with van der Waals surface area (Å²) in [5, 5.41) is 12.1. The molecule has 1 aromatic rings. The molecule has 2 N–H and O–H groups in total. The molecule has 0 saturated heterocycles. The summed E-state index contributed by atoms with van der Waals surface area (Å²) in [7, 11) is 0. The van der Waals surface area contributed by atoms with E-state index in [0.29, 0.717) is 12.5 Å². The number of rotatable bonds is 5. The van der Waals surface area contributed by atoms with Gasteiger partial charge in [-0.2, -0.15) is 0 Å². The van der Waals surface area contributed by atoms with Crippen LogP contribution in [0.15, 0.2) is 18.2 Å². The van der Waals surface area contributed by atoms with Crippen LogP contribution in [0.5, 0.6) is 5.75 Å². The third-order valence-electron chi connectivity index (χ3n) is 2.92. The van der Waals surface area contributed by atoms with Gasteiger partial charge in [-0.05, 0) is 18.1 Å². The van der Waals surface area contributed by atoms with Gasteiger partial charge in [0.05, 0.1) is 0 Å². The first kappa shape index (κ1) is 13.5. The van der Waals surface area contributed by atoms with Crippen molar-refractivity contribution in [2.45, 2.75) is 26.7 Å². The van der Waals surface area contributed by atoms with Crippen molar-refractivity contribution in [2.75, 3.05) is 6.54 Å². The predicted molar refractivity (Wildman–Crippen MR) is 64.5 cm³/mol. The number of carbonyl (C=O) groups excluding carboxylic acids is 1. The van der Waals surface area contributed by atoms with E-state index < -0.39 is 11.7 Å². The Balaban J connectivity index is 2.70. The first-order valence-electron chi connectivity index (χ1n) is 5.85. The molecule has 0 saturated carbocycles. The van der Waals surface area contributed by atoms with E-state index in [9.17, 15) is 14.3 Å². The summed E-state index contributed by atoms with van der Waals surface area (Å²) in [5.74, 6) is -1.21. The number of halogens is 1. The van der Waals surface area contributed by atoms with Crippen molar-refractivity contribution in [3.63, 3.8) is 0 Å². The van der Waals surface area contributed by atoms with Crippen LogP contribution >= 0.6 is 0 Å². The molecule has 94 valence electrons. The van der Waals surface area contributed by atoms with Crippen LogP contribution < -0.4 is 5.32 Å². The largest absolute Gasteiger partial charge is 0.507 e. The van der Waals surface area contributed by atoms with E-state index in [2.05, 4.69) is 5.32 Å². The van der Waals surface area contributed by atoms with Gasteiger partial charge < -0.3 is 10.4 Å². The molecule has 0 aromatic heterocycles. The van der Waals surface area contributed by atoms with Crippen LogP contribution in [0.3, 0.4) is 0 Å². The Morgan fingerprint density at radius 2 is 2.06 bits per heavy atom. The van der Waals surface area contributed by atoms with Crippen LogP contribution in [0.4, 0.5) is 4.39 Å². The lowest BCUT2D eigenvalue weighted by molar-refractivity contribution is 0.0939. The van der Waals surface area contributed by atoms with Crippen LogP contribution in [0.2, 0.25) is 0 Å². The first-order valence-corrected chi connectivity index (χ1v) is 5.85. The van der Waals surface area contributed by atoms with Gasteiger partial charge in [0, 0.05) is 6.54 Å². The molecule has 0 atom stereocenters. The smallest absolute Gasteiger partial charge is 0.258 e. The average Bonchev–Trinajstić information content (AvgIpc) is 2.30. The molecule has 0 heterocycles. The molecule has 0 unspecified atom stereocenters. The maximum absolute atomic E-state index is 13.4. The third-order valence-corrected chi connectivity index (χ3v) is 2.92. The molecule has 0 aliphatic carbocycles. The van der Waals surface area contributed by atoms with E-state index in [1.54, 1.807) is 0 Å². The fourth-order valence-corrected chi connectivity index (χ4v) is 1.64. The van der Waals surface area contributed by atoms with Crippen molar-refractivity contribution in [3.05, 3.63) is 29.6 Å². The number of amides is 1. The zero-order chi connectivity index (χ0) is 12.8. The van der Waals surface area contributed by atoms with Gasteiger partial charge in [0.25, 0.3) is 5.91 Å². The fourth-order valence-electron chi connectivity index (χ4n) is 1.64.